The van der Waals surface area contributed by atoms with Crippen LogP contribution in [0.3, 0.4) is 0 Å². The highest BCUT2D eigenvalue weighted by Gasteiger charge is 2.48. The number of hydrogen-bond donors (Lipinski definition) is 2. The number of thioether (sulfide) groups is 1. The fourth-order valence-electron chi connectivity index (χ4n) is 4.42. The van der Waals surface area contributed by atoms with Crippen molar-refractivity contribution in [3.8, 4) is 0 Å². The molecule has 2 aliphatic rings. The van der Waals surface area contributed by atoms with Crippen molar-refractivity contribution < 1.29 is 24.3 Å². The monoisotopic (exact) mass is 432 g/mol. The second kappa shape index (κ2) is 9.64. The first kappa shape index (κ1) is 22.3. The normalized spacial score (nSPS) is 21.4. The van der Waals surface area contributed by atoms with Crippen molar-refractivity contribution in [1.29, 1.82) is 0 Å². The first-order chi connectivity index (χ1) is 14.3. The Morgan fingerprint density at radius 2 is 1.87 bits per heavy atom. The zero-order valence-corrected chi connectivity index (χ0v) is 18.0. The van der Waals surface area contributed by atoms with E-state index < -0.39 is 17.3 Å². The molecule has 2 N–H and O–H groups in total. The number of likely N-dealkylation sites (tertiary alicyclic amines) is 1. The molecule has 1 saturated heterocycles. The number of carbonyl (C=O) groups excluding carboxylic acids is 3. The first-order valence-corrected chi connectivity index (χ1v) is 11.2. The van der Waals surface area contributed by atoms with Crippen molar-refractivity contribution in [3.05, 3.63) is 35.9 Å². The summed E-state index contributed by atoms with van der Waals surface area (Å²) in [5, 5.41) is 11.3. The van der Waals surface area contributed by atoms with Crippen molar-refractivity contribution in [2.45, 2.75) is 68.7 Å². The molecule has 1 aromatic rings. The topological polar surface area (TPSA) is 104 Å². The Balaban J connectivity index is 1.74. The second-order valence-electron chi connectivity index (χ2n) is 8.14. The Bertz CT molecular complexity index is 809. The summed E-state index contributed by atoms with van der Waals surface area (Å²) in [7, 11) is 0. The lowest BCUT2D eigenvalue weighted by Crippen LogP contribution is -2.60. The molecule has 0 aromatic heterocycles. The van der Waals surface area contributed by atoms with Crippen LogP contribution >= 0.6 is 11.8 Å². The van der Waals surface area contributed by atoms with Gasteiger partial charge in [0.1, 0.15) is 12.6 Å². The summed E-state index contributed by atoms with van der Waals surface area (Å²) in [6, 6.07) is 8.66. The van der Waals surface area contributed by atoms with Crippen molar-refractivity contribution in [1.82, 2.24) is 10.2 Å². The highest BCUT2D eigenvalue weighted by molar-refractivity contribution is 8.14. The minimum atomic E-state index is -1.05. The van der Waals surface area contributed by atoms with E-state index in [1.54, 1.807) is 0 Å². The van der Waals surface area contributed by atoms with E-state index in [0.29, 0.717) is 12.8 Å². The fourth-order valence-corrected chi connectivity index (χ4v) is 5.27. The molecule has 2 fully saturated rings. The molecule has 1 unspecified atom stereocenters. The quantitative estimate of drug-likeness (QED) is 0.686. The van der Waals surface area contributed by atoms with Gasteiger partial charge in [-0.3, -0.25) is 19.2 Å². The van der Waals surface area contributed by atoms with Crippen LogP contribution in [0, 0.1) is 0 Å². The SMILES string of the molecule is CC(=O)S[C@@H](Cc1ccccc1)C(=O)NC1CCCC2(CCC2)N(CC(=O)O)C1=O. The van der Waals surface area contributed by atoms with Crippen molar-refractivity contribution in [3.63, 3.8) is 0 Å². The van der Waals surface area contributed by atoms with Crippen LogP contribution < -0.4 is 5.32 Å². The molecule has 3 rings (SSSR count). The number of nitrogens with one attached hydrogen (secondary N) is 1. The van der Waals surface area contributed by atoms with Gasteiger partial charge in [0.2, 0.25) is 11.8 Å². The fraction of sp³-hybridized carbons (Fsp3) is 0.545. The molecule has 8 heteroatoms. The van der Waals surface area contributed by atoms with Crippen LogP contribution in [-0.4, -0.2) is 56.3 Å². The van der Waals surface area contributed by atoms with Gasteiger partial charge >= 0.3 is 5.97 Å². The Morgan fingerprint density at radius 1 is 1.20 bits per heavy atom. The molecular formula is C22H28N2O5S. The number of rotatable bonds is 7. The van der Waals surface area contributed by atoms with Gasteiger partial charge in [-0.05, 0) is 50.5 Å². The molecule has 2 atom stereocenters. The van der Waals surface area contributed by atoms with E-state index in [-0.39, 0.29) is 29.0 Å². The highest BCUT2D eigenvalue weighted by Crippen LogP contribution is 2.43. The zero-order valence-electron chi connectivity index (χ0n) is 17.1. The molecule has 7 nitrogen and oxygen atoms in total. The summed E-state index contributed by atoms with van der Waals surface area (Å²) < 4.78 is 0. The molecule has 30 heavy (non-hydrogen) atoms. The van der Waals surface area contributed by atoms with E-state index in [4.69, 9.17) is 0 Å². The molecule has 1 heterocycles. The minimum absolute atomic E-state index is 0.167. The summed E-state index contributed by atoms with van der Waals surface area (Å²) in [5.41, 5.74) is 0.548. The number of carboxylic acid groups (broad SMARTS) is 1. The third-order valence-corrected chi connectivity index (χ3v) is 7.03. The van der Waals surface area contributed by atoms with Crippen molar-refractivity contribution in [2.75, 3.05) is 6.54 Å². The maximum Gasteiger partial charge on any atom is 0.323 e. The lowest BCUT2D eigenvalue weighted by atomic mass is 9.72. The number of carbonyl (C=O) groups is 4. The maximum atomic E-state index is 13.2. The molecule has 2 amide bonds. The summed E-state index contributed by atoms with van der Waals surface area (Å²) in [6.07, 6.45) is 4.96. The molecule has 1 aliphatic heterocycles. The number of benzene rings is 1. The smallest absolute Gasteiger partial charge is 0.323 e. The number of amides is 2. The van der Waals surface area contributed by atoms with Gasteiger partial charge in [0.15, 0.2) is 5.12 Å². The highest BCUT2D eigenvalue weighted by atomic mass is 32.2. The van der Waals surface area contributed by atoms with Crippen LogP contribution in [0.25, 0.3) is 0 Å². The largest absolute Gasteiger partial charge is 0.480 e. The summed E-state index contributed by atoms with van der Waals surface area (Å²) in [6.45, 7) is 1.07. The van der Waals surface area contributed by atoms with E-state index >= 15 is 0 Å². The standard InChI is InChI=1S/C22H28N2O5S/c1-15(25)30-18(13-16-7-3-2-4-8-16)20(28)23-17-9-5-10-22(11-6-12-22)24(21(17)29)14-19(26)27/h2-4,7-8,17-18H,5-6,9-14H2,1H3,(H,23,28)(H,26,27)/t17?,18-/m0/s1. The average Bonchev–Trinajstić information content (AvgIpc) is 2.79. The van der Waals surface area contributed by atoms with E-state index in [0.717, 1.165) is 49.4 Å². The van der Waals surface area contributed by atoms with Gasteiger partial charge in [-0.1, -0.05) is 42.1 Å². The summed E-state index contributed by atoms with van der Waals surface area (Å²) in [5.74, 6) is -1.73. The van der Waals surface area contributed by atoms with E-state index in [2.05, 4.69) is 5.32 Å². The lowest BCUT2D eigenvalue weighted by Gasteiger charge is -2.49. The van der Waals surface area contributed by atoms with Crippen molar-refractivity contribution in [2.24, 2.45) is 0 Å². The lowest BCUT2D eigenvalue weighted by molar-refractivity contribution is -0.153. The van der Waals surface area contributed by atoms with Crippen LogP contribution in [-0.2, 0) is 25.6 Å². The second-order valence-corrected chi connectivity index (χ2v) is 9.52. The Kier molecular flexibility index (Phi) is 7.18. The van der Waals surface area contributed by atoms with E-state index in [1.165, 1.54) is 11.8 Å². The van der Waals surface area contributed by atoms with Gasteiger partial charge in [-0.15, -0.1) is 0 Å². The molecule has 1 aromatic carbocycles. The van der Waals surface area contributed by atoms with Gasteiger partial charge in [0.25, 0.3) is 0 Å². The molecule has 0 bridgehead atoms. The molecule has 1 spiro atoms. The number of hydrogen-bond acceptors (Lipinski definition) is 5. The predicted octanol–water partition coefficient (Wildman–Crippen LogP) is 2.38. The third-order valence-electron chi connectivity index (χ3n) is 6.03. The van der Waals surface area contributed by atoms with Crippen LogP contribution in [0.2, 0.25) is 0 Å². The van der Waals surface area contributed by atoms with Gasteiger partial charge in [0.05, 0.1) is 5.25 Å². The third kappa shape index (κ3) is 5.22. The Morgan fingerprint density at radius 3 is 2.43 bits per heavy atom. The number of nitrogens with zero attached hydrogens (tertiary/aromatic N) is 1. The van der Waals surface area contributed by atoms with Gasteiger partial charge in [-0.2, -0.15) is 0 Å². The Hall–Kier alpha value is -2.35. The van der Waals surface area contributed by atoms with Crippen molar-refractivity contribution >= 4 is 34.7 Å². The molecule has 1 aliphatic carbocycles. The summed E-state index contributed by atoms with van der Waals surface area (Å²) in [4.78, 5) is 50.8. The molecular weight excluding hydrogens is 404 g/mol. The zero-order chi connectivity index (χ0) is 21.7. The van der Waals surface area contributed by atoms with Crippen LogP contribution in [0.1, 0.15) is 51.0 Å². The van der Waals surface area contributed by atoms with E-state index in [1.807, 2.05) is 30.3 Å². The molecule has 1 saturated carbocycles. The van der Waals surface area contributed by atoms with Crippen LogP contribution in [0.4, 0.5) is 0 Å². The van der Waals surface area contributed by atoms with Crippen LogP contribution in [0.15, 0.2) is 30.3 Å². The first-order valence-electron chi connectivity index (χ1n) is 10.4. The number of carboxylic acids is 1. The van der Waals surface area contributed by atoms with Crippen LogP contribution in [0.5, 0.6) is 0 Å². The average molecular weight is 433 g/mol. The predicted molar refractivity (Wildman–Crippen MR) is 114 cm³/mol. The maximum absolute atomic E-state index is 13.2. The molecule has 162 valence electrons. The van der Waals surface area contributed by atoms with Gasteiger partial charge < -0.3 is 15.3 Å². The Labute approximate surface area is 180 Å². The van der Waals surface area contributed by atoms with Gasteiger partial charge in [-0.25, -0.2) is 0 Å². The molecule has 0 radical (unpaired) electrons. The van der Waals surface area contributed by atoms with E-state index in [9.17, 15) is 24.3 Å². The number of aliphatic carboxylic acids is 1. The minimum Gasteiger partial charge on any atom is -0.480 e. The van der Waals surface area contributed by atoms with Gasteiger partial charge in [0, 0.05) is 12.5 Å². The summed E-state index contributed by atoms with van der Waals surface area (Å²) >= 11 is 0.954.